The van der Waals surface area contributed by atoms with Gasteiger partial charge in [-0.3, -0.25) is 14.3 Å². The van der Waals surface area contributed by atoms with Gasteiger partial charge in [0.1, 0.15) is 6.04 Å². The van der Waals surface area contributed by atoms with Crippen molar-refractivity contribution in [2.75, 3.05) is 25.9 Å². The Morgan fingerprint density at radius 1 is 1.32 bits per heavy atom. The molecule has 2 rings (SSSR count). The minimum atomic E-state index is -0.426. The van der Waals surface area contributed by atoms with Gasteiger partial charge in [-0.1, -0.05) is 17.7 Å². The highest BCUT2D eigenvalue weighted by atomic mass is 32.2. The van der Waals surface area contributed by atoms with E-state index >= 15 is 0 Å². The van der Waals surface area contributed by atoms with Crippen LogP contribution in [0.25, 0.3) is 0 Å². The summed E-state index contributed by atoms with van der Waals surface area (Å²) in [6, 6.07) is 9.63. The van der Waals surface area contributed by atoms with E-state index < -0.39 is 6.04 Å². The van der Waals surface area contributed by atoms with E-state index in [9.17, 15) is 9.59 Å². The number of benzene rings is 1. The lowest BCUT2D eigenvalue weighted by Crippen LogP contribution is -2.41. The number of aromatic nitrogens is 2. The lowest BCUT2D eigenvalue weighted by Gasteiger charge is -2.21. The first-order valence-corrected chi connectivity index (χ1v) is 9.16. The van der Waals surface area contributed by atoms with Gasteiger partial charge in [0.05, 0.1) is 6.54 Å². The molecule has 0 unspecified atom stereocenters. The number of amides is 2. The molecule has 0 aliphatic rings. The smallest absolute Gasteiger partial charge is 0.247 e. The van der Waals surface area contributed by atoms with Crippen LogP contribution >= 0.6 is 11.8 Å². The van der Waals surface area contributed by atoms with Crippen molar-refractivity contribution in [3.8, 4) is 0 Å². The topological polar surface area (TPSA) is 67.2 Å². The van der Waals surface area contributed by atoms with Gasteiger partial charge >= 0.3 is 0 Å². The van der Waals surface area contributed by atoms with Gasteiger partial charge in [0.15, 0.2) is 0 Å². The van der Waals surface area contributed by atoms with E-state index in [2.05, 4.69) is 41.6 Å². The first kappa shape index (κ1) is 19.1. The Balaban J connectivity index is 1.68. The number of nitrogens with one attached hydrogen (secondary N) is 1. The summed E-state index contributed by atoms with van der Waals surface area (Å²) in [6.07, 6.45) is 3.36. The van der Waals surface area contributed by atoms with Crippen LogP contribution in [0, 0.1) is 6.92 Å². The van der Waals surface area contributed by atoms with E-state index in [1.54, 1.807) is 48.9 Å². The SMILES string of the molecule is Cc1ccc(SCCNC(=O)CN(C)C(=O)[C@@H](C)n2cccn2)cc1. The van der Waals surface area contributed by atoms with Gasteiger partial charge in [0.25, 0.3) is 0 Å². The fourth-order valence-electron chi connectivity index (χ4n) is 2.28. The molecule has 25 heavy (non-hydrogen) atoms. The van der Waals surface area contributed by atoms with Gasteiger partial charge in [0.2, 0.25) is 11.8 Å². The van der Waals surface area contributed by atoms with Crippen molar-refractivity contribution in [3.05, 3.63) is 48.3 Å². The number of rotatable bonds is 8. The molecule has 0 aliphatic heterocycles. The molecule has 134 valence electrons. The Bertz CT molecular complexity index is 686. The first-order valence-electron chi connectivity index (χ1n) is 8.17. The molecule has 2 amide bonds. The van der Waals surface area contributed by atoms with Gasteiger partial charge in [-0.25, -0.2) is 0 Å². The van der Waals surface area contributed by atoms with Gasteiger partial charge in [0, 0.05) is 36.6 Å². The van der Waals surface area contributed by atoms with Crippen LogP contribution in [0.3, 0.4) is 0 Å². The van der Waals surface area contributed by atoms with Crippen molar-refractivity contribution in [1.29, 1.82) is 0 Å². The predicted molar refractivity (Wildman–Crippen MR) is 99.5 cm³/mol. The maximum atomic E-state index is 12.3. The summed E-state index contributed by atoms with van der Waals surface area (Å²) in [4.78, 5) is 26.9. The quantitative estimate of drug-likeness (QED) is 0.578. The number of aryl methyl sites for hydroxylation is 1. The largest absolute Gasteiger partial charge is 0.354 e. The van der Waals surface area contributed by atoms with Crippen LogP contribution in [0.15, 0.2) is 47.6 Å². The maximum absolute atomic E-state index is 12.3. The molecular weight excluding hydrogens is 336 g/mol. The molecule has 0 saturated carbocycles. The van der Waals surface area contributed by atoms with Crippen molar-refractivity contribution in [3.63, 3.8) is 0 Å². The van der Waals surface area contributed by atoms with Crippen molar-refractivity contribution in [1.82, 2.24) is 20.0 Å². The number of carbonyl (C=O) groups excluding carboxylic acids is 2. The lowest BCUT2D eigenvalue weighted by molar-refractivity contribution is -0.137. The minimum absolute atomic E-state index is 0.0413. The highest BCUT2D eigenvalue weighted by Gasteiger charge is 2.20. The van der Waals surface area contributed by atoms with Crippen LogP contribution in [0.2, 0.25) is 0 Å². The Kier molecular flexibility index (Phi) is 7.06. The normalized spacial score (nSPS) is 11.8. The molecule has 0 aliphatic carbocycles. The molecule has 0 saturated heterocycles. The first-order chi connectivity index (χ1) is 12.0. The summed E-state index contributed by atoms with van der Waals surface area (Å²) in [5.74, 6) is 0.483. The monoisotopic (exact) mass is 360 g/mol. The summed E-state index contributed by atoms with van der Waals surface area (Å²) < 4.78 is 1.58. The van der Waals surface area contributed by atoms with E-state index in [1.165, 1.54) is 15.4 Å². The van der Waals surface area contributed by atoms with E-state index in [4.69, 9.17) is 0 Å². The molecule has 1 heterocycles. The fourth-order valence-corrected chi connectivity index (χ4v) is 3.05. The number of carbonyl (C=O) groups is 2. The second kappa shape index (κ2) is 9.27. The van der Waals surface area contributed by atoms with Crippen LogP contribution < -0.4 is 5.32 Å². The van der Waals surface area contributed by atoms with Crippen molar-refractivity contribution in [2.24, 2.45) is 0 Å². The Morgan fingerprint density at radius 3 is 2.68 bits per heavy atom. The van der Waals surface area contributed by atoms with Crippen LogP contribution in [-0.4, -0.2) is 52.4 Å². The molecule has 7 heteroatoms. The van der Waals surface area contributed by atoms with Crippen LogP contribution in [0.1, 0.15) is 18.5 Å². The lowest BCUT2D eigenvalue weighted by atomic mass is 10.2. The minimum Gasteiger partial charge on any atom is -0.354 e. The highest BCUT2D eigenvalue weighted by molar-refractivity contribution is 7.99. The van der Waals surface area contributed by atoms with Crippen LogP contribution in [-0.2, 0) is 9.59 Å². The summed E-state index contributed by atoms with van der Waals surface area (Å²) in [7, 11) is 1.63. The molecule has 2 aromatic rings. The molecule has 1 aromatic heterocycles. The number of thioether (sulfide) groups is 1. The second-order valence-corrected chi connectivity index (χ2v) is 7.04. The summed E-state index contributed by atoms with van der Waals surface area (Å²) in [5, 5.41) is 6.91. The van der Waals surface area contributed by atoms with Gasteiger partial charge in [-0.15, -0.1) is 11.8 Å². The third kappa shape index (κ3) is 5.94. The van der Waals surface area contributed by atoms with Crippen LogP contribution in [0.4, 0.5) is 0 Å². The van der Waals surface area contributed by atoms with Crippen molar-refractivity contribution in [2.45, 2.75) is 24.8 Å². The molecule has 0 spiro atoms. The van der Waals surface area contributed by atoms with Gasteiger partial charge in [-0.05, 0) is 32.0 Å². The van der Waals surface area contributed by atoms with Crippen molar-refractivity contribution >= 4 is 23.6 Å². The summed E-state index contributed by atoms with van der Waals surface area (Å²) >= 11 is 1.69. The highest BCUT2D eigenvalue weighted by Crippen LogP contribution is 2.17. The predicted octanol–water partition coefficient (Wildman–Crippen LogP) is 2.12. The van der Waals surface area contributed by atoms with E-state index in [0.717, 1.165) is 5.75 Å². The van der Waals surface area contributed by atoms with Gasteiger partial charge in [-0.2, -0.15) is 5.10 Å². The molecule has 1 N–H and O–H groups in total. The van der Waals surface area contributed by atoms with Crippen LogP contribution in [0.5, 0.6) is 0 Å². The number of likely N-dealkylation sites (N-methyl/N-ethyl adjacent to an activating group) is 1. The van der Waals surface area contributed by atoms with E-state index in [1.807, 2.05) is 0 Å². The van der Waals surface area contributed by atoms with Gasteiger partial charge < -0.3 is 10.2 Å². The number of nitrogens with zero attached hydrogens (tertiary/aromatic N) is 3. The summed E-state index contributed by atoms with van der Waals surface area (Å²) in [5.41, 5.74) is 1.23. The van der Waals surface area contributed by atoms with E-state index in [-0.39, 0.29) is 18.4 Å². The standard InChI is InChI=1S/C18H24N4O2S/c1-14-5-7-16(8-6-14)25-12-10-19-17(23)13-21(3)18(24)15(2)22-11-4-9-20-22/h4-9,11,15H,10,12-13H2,1-3H3,(H,19,23)/t15-/m1/s1. The zero-order valence-electron chi connectivity index (χ0n) is 14.8. The number of hydrogen-bond donors (Lipinski definition) is 1. The zero-order chi connectivity index (χ0) is 18.2. The Morgan fingerprint density at radius 2 is 2.04 bits per heavy atom. The fraction of sp³-hybridized carbons (Fsp3) is 0.389. The molecule has 1 atom stereocenters. The Hall–Kier alpha value is -2.28. The second-order valence-electron chi connectivity index (χ2n) is 5.87. The average molecular weight is 360 g/mol. The third-order valence-corrected chi connectivity index (χ3v) is 4.76. The van der Waals surface area contributed by atoms with Crippen molar-refractivity contribution < 1.29 is 9.59 Å². The maximum Gasteiger partial charge on any atom is 0.247 e. The molecule has 6 nitrogen and oxygen atoms in total. The van der Waals surface area contributed by atoms with E-state index in [0.29, 0.717) is 6.54 Å². The Labute approximate surface area is 152 Å². The summed E-state index contributed by atoms with van der Waals surface area (Å²) in [6.45, 7) is 4.43. The number of hydrogen-bond acceptors (Lipinski definition) is 4. The molecule has 0 radical (unpaired) electrons. The molecule has 1 aromatic carbocycles. The third-order valence-electron chi connectivity index (χ3n) is 3.75. The average Bonchev–Trinajstić information content (AvgIpc) is 3.13. The molecule has 0 bridgehead atoms. The molecular formula is C18H24N4O2S. The molecule has 0 fully saturated rings. The zero-order valence-corrected chi connectivity index (χ0v) is 15.6.